The fraction of sp³-hybridized carbons (Fsp3) is 0.222. The summed E-state index contributed by atoms with van der Waals surface area (Å²) in [5.41, 5.74) is 2.27. The summed E-state index contributed by atoms with van der Waals surface area (Å²) >= 11 is 0. The first-order valence-corrected chi connectivity index (χ1v) is 10.4. The molecule has 3 aromatic rings. The van der Waals surface area contributed by atoms with Gasteiger partial charge in [-0.05, 0) is 11.5 Å². The maximum Gasteiger partial charge on any atom is 0.411 e. The van der Waals surface area contributed by atoms with Crippen LogP contribution in [0.4, 0.5) is 4.79 Å². The Kier molecular flexibility index (Phi) is 5.71. The molecule has 1 aliphatic rings. The van der Waals surface area contributed by atoms with E-state index in [-0.39, 0.29) is 18.1 Å². The standard InChI is InChI=1S/C27H27NO2/c1-21(2)25-27(23-16-8-4-9-17-23,24-18-10-5-11-19-24)30-26(29)28(25)20-12-15-22-13-6-3-7-14-22/h3-19,21,25H,20H2,1-2H3/b15-12+/t25-/m0/s1. The van der Waals surface area contributed by atoms with Crippen molar-refractivity contribution in [2.75, 3.05) is 6.54 Å². The molecule has 0 radical (unpaired) electrons. The Morgan fingerprint density at radius 1 is 0.867 bits per heavy atom. The van der Waals surface area contributed by atoms with Crippen molar-refractivity contribution in [1.29, 1.82) is 0 Å². The van der Waals surface area contributed by atoms with Crippen molar-refractivity contribution < 1.29 is 9.53 Å². The summed E-state index contributed by atoms with van der Waals surface area (Å²) < 4.78 is 6.26. The normalized spacial score (nSPS) is 18.2. The van der Waals surface area contributed by atoms with Crippen molar-refractivity contribution in [3.63, 3.8) is 0 Å². The predicted octanol–water partition coefficient (Wildman–Crippen LogP) is 6.12. The van der Waals surface area contributed by atoms with Crippen LogP contribution in [0.2, 0.25) is 0 Å². The van der Waals surface area contributed by atoms with E-state index in [1.807, 2.05) is 65.6 Å². The largest absolute Gasteiger partial charge is 0.431 e. The van der Waals surface area contributed by atoms with Gasteiger partial charge in [0.1, 0.15) is 0 Å². The lowest BCUT2D eigenvalue weighted by molar-refractivity contribution is 0.0552. The SMILES string of the molecule is CC(C)[C@@H]1N(C/C=C/c2ccccc2)C(=O)OC1(c1ccccc1)c1ccccc1. The third-order valence-electron chi connectivity index (χ3n) is 5.68. The van der Waals surface area contributed by atoms with Gasteiger partial charge in [-0.3, -0.25) is 4.90 Å². The lowest BCUT2D eigenvalue weighted by Crippen LogP contribution is -2.47. The fourth-order valence-electron chi connectivity index (χ4n) is 4.47. The lowest BCUT2D eigenvalue weighted by atomic mass is 9.76. The van der Waals surface area contributed by atoms with Crippen LogP contribution < -0.4 is 0 Å². The zero-order valence-electron chi connectivity index (χ0n) is 17.4. The van der Waals surface area contributed by atoms with Gasteiger partial charge in [0.05, 0.1) is 6.04 Å². The van der Waals surface area contributed by atoms with Crippen LogP contribution in [0.1, 0.15) is 30.5 Å². The Bertz CT molecular complexity index is 957. The minimum Gasteiger partial charge on any atom is -0.431 e. The van der Waals surface area contributed by atoms with Gasteiger partial charge in [0, 0.05) is 17.7 Å². The Labute approximate surface area is 178 Å². The van der Waals surface area contributed by atoms with E-state index in [9.17, 15) is 4.79 Å². The molecule has 0 spiro atoms. The minimum absolute atomic E-state index is 0.129. The number of ether oxygens (including phenoxy) is 1. The molecule has 1 aliphatic heterocycles. The van der Waals surface area contributed by atoms with E-state index in [4.69, 9.17) is 4.74 Å². The molecule has 152 valence electrons. The van der Waals surface area contributed by atoms with Crippen LogP contribution in [0.5, 0.6) is 0 Å². The number of amides is 1. The number of hydrogen-bond acceptors (Lipinski definition) is 2. The molecule has 3 nitrogen and oxygen atoms in total. The highest BCUT2D eigenvalue weighted by Crippen LogP contribution is 2.47. The molecule has 4 rings (SSSR count). The van der Waals surface area contributed by atoms with Crippen LogP contribution in [0.15, 0.2) is 97.1 Å². The highest BCUT2D eigenvalue weighted by atomic mass is 16.6. The first-order chi connectivity index (χ1) is 14.6. The van der Waals surface area contributed by atoms with Crippen molar-refractivity contribution in [2.45, 2.75) is 25.5 Å². The maximum atomic E-state index is 13.2. The molecule has 0 bridgehead atoms. The molecule has 1 fully saturated rings. The number of nitrogens with zero attached hydrogens (tertiary/aromatic N) is 1. The van der Waals surface area contributed by atoms with Gasteiger partial charge in [0.15, 0.2) is 5.60 Å². The molecule has 0 saturated carbocycles. The Morgan fingerprint density at radius 2 is 1.37 bits per heavy atom. The summed E-state index contributed by atoms with van der Waals surface area (Å²) in [5, 5.41) is 0. The Morgan fingerprint density at radius 3 is 1.87 bits per heavy atom. The molecule has 1 heterocycles. The number of cyclic esters (lactones) is 1. The van der Waals surface area contributed by atoms with Crippen LogP contribution in [0.25, 0.3) is 6.08 Å². The summed E-state index contributed by atoms with van der Waals surface area (Å²) in [7, 11) is 0. The van der Waals surface area contributed by atoms with Crippen molar-refractivity contribution in [2.24, 2.45) is 5.92 Å². The van der Waals surface area contributed by atoms with Gasteiger partial charge in [0.25, 0.3) is 0 Å². The van der Waals surface area contributed by atoms with E-state index in [2.05, 4.69) is 56.3 Å². The summed E-state index contributed by atoms with van der Waals surface area (Å²) in [5.74, 6) is 0.196. The Hall–Kier alpha value is -3.33. The second-order valence-corrected chi connectivity index (χ2v) is 7.99. The van der Waals surface area contributed by atoms with Crippen LogP contribution >= 0.6 is 0 Å². The van der Waals surface area contributed by atoms with E-state index in [0.717, 1.165) is 16.7 Å². The van der Waals surface area contributed by atoms with E-state index in [1.165, 1.54) is 0 Å². The summed E-state index contributed by atoms with van der Waals surface area (Å²) in [6, 6.07) is 30.2. The van der Waals surface area contributed by atoms with Crippen LogP contribution in [-0.2, 0) is 10.3 Å². The molecular formula is C27H27NO2. The van der Waals surface area contributed by atoms with Crippen molar-refractivity contribution >= 4 is 12.2 Å². The molecular weight excluding hydrogens is 370 g/mol. The van der Waals surface area contributed by atoms with E-state index >= 15 is 0 Å². The minimum atomic E-state index is -0.839. The second-order valence-electron chi connectivity index (χ2n) is 7.99. The maximum absolute atomic E-state index is 13.2. The molecule has 3 heteroatoms. The zero-order valence-corrected chi connectivity index (χ0v) is 17.4. The second kappa shape index (κ2) is 8.58. The molecule has 0 N–H and O–H groups in total. The van der Waals surface area contributed by atoms with Gasteiger partial charge in [-0.25, -0.2) is 4.79 Å². The molecule has 0 aliphatic carbocycles. The van der Waals surface area contributed by atoms with Gasteiger partial charge >= 0.3 is 6.09 Å². The van der Waals surface area contributed by atoms with E-state index in [0.29, 0.717) is 6.54 Å². The molecule has 1 amide bonds. The van der Waals surface area contributed by atoms with Crippen molar-refractivity contribution in [3.8, 4) is 0 Å². The third kappa shape index (κ3) is 3.63. The number of carbonyl (C=O) groups excluding carboxylic acids is 1. The lowest BCUT2D eigenvalue weighted by Gasteiger charge is -2.38. The number of carbonyl (C=O) groups is 1. The average Bonchev–Trinajstić information content (AvgIpc) is 3.09. The third-order valence-corrected chi connectivity index (χ3v) is 5.68. The van der Waals surface area contributed by atoms with Crippen molar-refractivity contribution in [1.82, 2.24) is 4.90 Å². The topological polar surface area (TPSA) is 29.5 Å². The average molecular weight is 398 g/mol. The van der Waals surface area contributed by atoms with E-state index < -0.39 is 5.60 Å². The first-order valence-electron chi connectivity index (χ1n) is 10.4. The summed E-state index contributed by atoms with van der Waals surface area (Å²) in [6.45, 7) is 4.81. The molecule has 3 aromatic carbocycles. The van der Waals surface area contributed by atoms with Gasteiger partial charge < -0.3 is 4.74 Å². The highest BCUT2D eigenvalue weighted by Gasteiger charge is 2.56. The fourth-order valence-corrected chi connectivity index (χ4v) is 4.47. The molecule has 30 heavy (non-hydrogen) atoms. The smallest absolute Gasteiger partial charge is 0.411 e. The number of rotatable bonds is 6. The number of hydrogen-bond donors (Lipinski definition) is 0. The van der Waals surface area contributed by atoms with Gasteiger partial charge in [0.2, 0.25) is 0 Å². The van der Waals surface area contributed by atoms with Crippen LogP contribution in [-0.4, -0.2) is 23.6 Å². The first kappa shape index (κ1) is 20.0. The van der Waals surface area contributed by atoms with Gasteiger partial charge in [-0.1, -0.05) is 117 Å². The van der Waals surface area contributed by atoms with E-state index in [1.54, 1.807) is 0 Å². The van der Waals surface area contributed by atoms with Crippen LogP contribution in [0, 0.1) is 5.92 Å². The Balaban J connectivity index is 1.75. The molecule has 1 atom stereocenters. The molecule has 0 aromatic heterocycles. The van der Waals surface area contributed by atoms with Gasteiger partial charge in [-0.15, -0.1) is 0 Å². The zero-order chi connectivity index (χ0) is 21.0. The number of benzene rings is 3. The van der Waals surface area contributed by atoms with Crippen LogP contribution in [0.3, 0.4) is 0 Å². The highest BCUT2D eigenvalue weighted by molar-refractivity contribution is 5.74. The monoisotopic (exact) mass is 397 g/mol. The predicted molar refractivity (Wildman–Crippen MR) is 121 cm³/mol. The summed E-state index contributed by atoms with van der Waals surface area (Å²) in [4.78, 5) is 15.0. The van der Waals surface area contributed by atoms with Crippen molar-refractivity contribution in [3.05, 3.63) is 114 Å². The quantitative estimate of drug-likeness (QED) is 0.501. The molecule has 0 unspecified atom stereocenters. The summed E-state index contributed by atoms with van der Waals surface area (Å²) in [6.07, 6.45) is 3.81. The molecule has 1 saturated heterocycles. The van der Waals surface area contributed by atoms with Gasteiger partial charge in [-0.2, -0.15) is 0 Å².